The van der Waals surface area contributed by atoms with Crippen LogP contribution in [0.1, 0.15) is 40.0 Å². The van der Waals surface area contributed by atoms with Crippen molar-refractivity contribution >= 4 is 0 Å². The van der Waals surface area contributed by atoms with Crippen molar-refractivity contribution in [3.05, 3.63) is 0 Å². The van der Waals surface area contributed by atoms with Gasteiger partial charge in [0.15, 0.2) is 0 Å². The van der Waals surface area contributed by atoms with Gasteiger partial charge in [-0.1, -0.05) is 20.8 Å². The monoisotopic (exact) mass is 155 g/mol. The summed E-state index contributed by atoms with van der Waals surface area (Å²) in [6, 6.07) is 0.869. The third-order valence-corrected chi connectivity index (χ3v) is 3.06. The van der Waals surface area contributed by atoms with Crippen molar-refractivity contribution in [1.29, 1.82) is 0 Å². The van der Waals surface area contributed by atoms with E-state index in [2.05, 4.69) is 25.7 Å². The van der Waals surface area contributed by atoms with Crippen molar-refractivity contribution in [2.45, 2.75) is 46.1 Å². The molecule has 1 aliphatic heterocycles. The Labute approximate surface area is 70.8 Å². The first kappa shape index (κ1) is 9.05. The van der Waals surface area contributed by atoms with E-state index >= 15 is 0 Å². The van der Waals surface area contributed by atoms with Crippen LogP contribution in [0.2, 0.25) is 0 Å². The highest BCUT2D eigenvalue weighted by atomic mass is 15.2. The Bertz CT molecular complexity index is 111. The Morgan fingerprint density at radius 1 is 1.36 bits per heavy atom. The molecule has 1 heterocycles. The normalized spacial score (nSPS) is 34.1. The Kier molecular flexibility index (Phi) is 3.38. The Morgan fingerprint density at radius 2 is 2.09 bits per heavy atom. The largest absolute Gasteiger partial charge is 0.300 e. The molecule has 0 spiro atoms. The molecule has 0 N–H and O–H groups in total. The van der Waals surface area contributed by atoms with Crippen molar-refractivity contribution in [2.75, 3.05) is 13.1 Å². The van der Waals surface area contributed by atoms with Crippen molar-refractivity contribution < 1.29 is 0 Å². The van der Waals surface area contributed by atoms with Crippen molar-refractivity contribution in [2.24, 2.45) is 5.92 Å². The summed E-state index contributed by atoms with van der Waals surface area (Å²) in [7, 11) is 0. The molecule has 11 heavy (non-hydrogen) atoms. The van der Waals surface area contributed by atoms with E-state index in [4.69, 9.17) is 0 Å². The molecule has 0 aromatic heterocycles. The third-order valence-electron chi connectivity index (χ3n) is 3.06. The van der Waals surface area contributed by atoms with Gasteiger partial charge in [0, 0.05) is 6.04 Å². The summed E-state index contributed by atoms with van der Waals surface area (Å²) in [5.41, 5.74) is 0. The lowest BCUT2D eigenvalue weighted by Crippen LogP contribution is -2.43. The summed E-state index contributed by atoms with van der Waals surface area (Å²) in [4.78, 5) is 2.63. The van der Waals surface area contributed by atoms with Gasteiger partial charge in [-0.2, -0.15) is 0 Å². The summed E-state index contributed by atoms with van der Waals surface area (Å²) in [5.74, 6) is 0.925. The van der Waals surface area contributed by atoms with Gasteiger partial charge in [-0.05, 0) is 38.3 Å². The second-order valence-electron chi connectivity index (χ2n) is 3.72. The second-order valence-corrected chi connectivity index (χ2v) is 3.72. The SMILES string of the molecule is CC[C@@H]1[C@@H](C)CCCN1CC. The molecule has 1 nitrogen and oxygen atoms in total. The predicted molar refractivity (Wildman–Crippen MR) is 49.7 cm³/mol. The minimum atomic E-state index is 0.869. The molecule has 0 radical (unpaired) electrons. The summed E-state index contributed by atoms with van der Waals surface area (Å²) >= 11 is 0. The van der Waals surface area contributed by atoms with E-state index in [-0.39, 0.29) is 0 Å². The van der Waals surface area contributed by atoms with Gasteiger partial charge in [0.1, 0.15) is 0 Å². The number of likely N-dealkylation sites (tertiary alicyclic amines) is 1. The average molecular weight is 155 g/mol. The second kappa shape index (κ2) is 4.10. The van der Waals surface area contributed by atoms with Crippen LogP contribution in [0.5, 0.6) is 0 Å². The van der Waals surface area contributed by atoms with Crippen LogP contribution in [0.3, 0.4) is 0 Å². The number of hydrogen-bond donors (Lipinski definition) is 0. The van der Waals surface area contributed by atoms with Crippen LogP contribution in [-0.4, -0.2) is 24.0 Å². The number of piperidine rings is 1. The van der Waals surface area contributed by atoms with Gasteiger partial charge in [0.2, 0.25) is 0 Å². The Balaban J connectivity index is 2.48. The molecule has 2 atom stereocenters. The van der Waals surface area contributed by atoms with Crippen molar-refractivity contribution in [3.8, 4) is 0 Å². The lowest BCUT2D eigenvalue weighted by Gasteiger charge is -2.38. The molecule has 0 bridgehead atoms. The number of rotatable bonds is 2. The minimum Gasteiger partial charge on any atom is -0.300 e. The van der Waals surface area contributed by atoms with E-state index in [9.17, 15) is 0 Å². The molecule has 1 fully saturated rings. The summed E-state index contributed by atoms with van der Waals surface area (Å²) < 4.78 is 0. The molecule has 1 saturated heterocycles. The van der Waals surface area contributed by atoms with Crippen molar-refractivity contribution in [1.82, 2.24) is 4.90 Å². The molecule has 0 amide bonds. The molecule has 0 aromatic carbocycles. The number of hydrogen-bond acceptors (Lipinski definition) is 1. The van der Waals surface area contributed by atoms with Crippen LogP contribution in [0.15, 0.2) is 0 Å². The van der Waals surface area contributed by atoms with Gasteiger partial charge in [0.25, 0.3) is 0 Å². The molecule has 0 aromatic rings. The molecule has 0 saturated carbocycles. The quantitative estimate of drug-likeness (QED) is 0.592. The summed E-state index contributed by atoms with van der Waals surface area (Å²) in [6.45, 7) is 9.56. The van der Waals surface area contributed by atoms with Gasteiger partial charge in [0.05, 0.1) is 0 Å². The molecule has 1 aliphatic rings. The first-order chi connectivity index (χ1) is 5.29. The zero-order valence-corrected chi connectivity index (χ0v) is 8.14. The van der Waals surface area contributed by atoms with Crippen LogP contribution in [0.25, 0.3) is 0 Å². The van der Waals surface area contributed by atoms with Crippen LogP contribution >= 0.6 is 0 Å². The fraction of sp³-hybridized carbons (Fsp3) is 1.00. The highest BCUT2D eigenvalue weighted by Crippen LogP contribution is 2.24. The highest BCUT2D eigenvalue weighted by Gasteiger charge is 2.25. The minimum absolute atomic E-state index is 0.869. The molecule has 1 heteroatoms. The van der Waals surface area contributed by atoms with Crippen LogP contribution in [-0.2, 0) is 0 Å². The van der Waals surface area contributed by atoms with Crippen LogP contribution in [0.4, 0.5) is 0 Å². The van der Waals surface area contributed by atoms with Gasteiger partial charge >= 0.3 is 0 Å². The van der Waals surface area contributed by atoms with E-state index < -0.39 is 0 Å². The standard InChI is InChI=1S/C10H21N/c1-4-10-9(3)7-6-8-11(10)5-2/h9-10H,4-8H2,1-3H3/t9-,10+/m0/s1. The fourth-order valence-corrected chi connectivity index (χ4v) is 2.39. The van der Waals surface area contributed by atoms with Gasteiger partial charge in [-0.15, -0.1) is 0 Å². The highest BCUT2D eigenvalue weighted by molar-refractivity contribution is 4.79. The van der Waals surface area contributed by atoms with E-state index in [0.717, 1.165) is 12.0 Å². The zero-order chi connectivity index (χ0) is 8.27. The predicted octanol–water partition coefficient (Wildman–Crippen LogP) is 2.52. The van der Waals surface area contributed by atoms with Gasteiger partial charge in [-0.3, -0.25) is 0 Å². The van der Waals surface area contributed by atoms with E-state index in [1.165, 1.54) is 32.4 Å². The Hall–Kier alpha value is -0.0400. The van der Waals surface area contributed by atoms with E-state index in [1.807, 2.05) is 0 Å². The number of nitrogens with zero attached hydrogens (tertiary/aromatic N) is 1. The molecular weight excluding hydrogens is 134 g/mol. The van der Waals surface area contributed by atoms with Crippen molar-refractivity contribution in [3.63, 3.8) is 0 Å². The maximum absolute atomic E-state index is 2.63. The lowest BCUT2D eigenvalue weighted by molar-refractivity contribution is 0.104. The van der Waals surface area contributed by atoms with Gasteiger partial charge < -0.3 is 4.90 Å². The van der Waals surface area contributed by atoms with Gasteiger partial charge in [-0.25, -0.2) is 0 Å². The molecule has 1 rings (SSSR count). The average Bonchev–Trinajstić information content (AvgIpc) is 2.04. The van der Waals surface area contributed by atoms with Crippen LogP contribution < -0.4 is 0 Å². The van der Waals surface area contributed by atoms with E-state index in [1.54, 1.807) is 0 Å². The Morgan fingerprint density at radius 3 is 2.55 bits per heavy atom. The maximum Gasteiger partial charge on any atom is 0.0118 e. The first-order valence-corrected chi connectivity index (χ1v) is 5.03. The zero-order valence-electron chi connectivity index (χ0n) is 8.14. The molecule has 66 valence electrons. The topological polar surface area (TPSA) is 3.24 Å². The third kappa shape index (κ3) is 1.96. The van der Waals surface area contributed by atoms with E-state index in [0.29, 0.717) is 0 Å². The summed E-state index contributed by atoms with van der Waals surface area (Å²) in [5, 5.41) is 0. The summed E-state index contributed by atoms with van der Waals surface area (Å²) in [6.07, 6.45) is 4.18. The molecule has 0 aliphatic carbocycles. The fourth-order valence-electron chi connectivity index (χ4n) is 2.39. The maximum atomic E-state index is 2.63. The van der Waals surface area contributed by atoms with Crippen LogP contribution in [0, 0.1) is 5.92 Å². The molecule has 0 unspecified atom stereocenters. The first-order valence-electron chi connectivity index (χ1n) is 5.03. The smallest absolute Gasteiger partial charge is 0.0118 e. The molecular formula is C10H21N. The lowest BCUT2D eigenvalue weighted by atomic mass is 9.89.